The molecule has 1 aromatic rings. The first-order valence-electron chi connectivity index (χ1n) is 4.17. The van der Waals surface area contributed by atoms with Crippen LogP contribution < -0.4 is 9.47 Å². The Morgan fingerprint density at radius 3 is 2.27 bits per heavy atom. The fourth-order valence-corrected chi connectivity index (χ4v) is 1.34. The second-order valence-electron chi connectivity index (χ2n) is 2.93. The van der Waals surface area contributed by atoms with Gasteiger partial charge in [-0.1, -0.05) is 0 Å². The summed E-state index contributed by atoms with van der Waals surface area (Å²) >= 11 is 0. The van der Waals surface area contributed by atoms with Crippen LogP contribution in [0.25, 0.3) is 0 Å². The van der Waals surface area contributed by atoms with Crippen molar-refractivity contribution in [3.63, 3.8) is 0 Å². The molecule has 0 aromatic heterocycles. The van der Waals surface area contributed by atoms with E-state index in [0.717, 1.165) is 0 Å². The van der Waals surface area contributed by atoms with E-state index in [4.69, 9.17) is 14.6 Å². The molecular weight excluding hydrogens is 203 g/mol. The standard InChI is InChI=1S/C10H11FO4/c1-5-4-6(10(12)13)7(11)9(15-3)8(5)14-2/h4H,1-3H3,(H,12,13). The van der Waals surface area contributed by atoms with Gasteiger partial charge in [0.1, 0.15) is 0 Å². The van der Waals surface area contributed by atoms with Gasteiger partial charge in [0, 0.05) is 0 Å². The van der Waals surface area contributed by atoms with Crippen LogP contribution in [-0.4, -0.2) is 25.3 Å². The molecule has 0 spiro atoms. The van der Waals surface area contributed by atoms with Crippen LogP contribution in [-0.2, 0) is 0 Å². The van der Waals surface area contributed by atoms with E-state index >= 15 is 0 Å². The Morgan fingerprint density at radius 1 is 1.33 bits per heavy atom. The monoisotopic (exact) mass is 214 g/mol. The summed E-state index contributed by atoms with van der Waals surface area (Å²) < 4.78 is 23.3. The maximum Gasteiger partial charge on any atom is 0.338 e. The second kappa shape index (κ2) is 4.16. The molecule has 0 heterocycles. The fraction of sp³-hybridized carbons (Fsp3) is 0.300. The maximum absolute atomic E-state index is 13.6. The SMILES string of the molecule is COc1c(C)cc(C(=O)O)c(F)c1OC. The summed E-state index contributed by atoms with van der Waals surface area (Å²) in [5.74, 6) is -2.24. The van der Waals surface area contributed by atoms with E-state index in [1.54, 1.807) is 6.92 Å². The first-order valence-corrected chi connectivity index (χ1v) is 4.17. The molecule has 1 aromatic carbocycles. The molecule has 1 N–H and O–H groups in total. The summed E-state index contributed by atoms with van der Waals surface area (Å²) in [5.41, 5.74) is 0.0818. The van der Waals surface area contributed by atoms with Crippen molar-refractivity contribution in [3.05, 3.63) is 23.0 Å². The third kappa shape index (κ3) is 1.86. The lowest BCUT2D eigenvalue weighted by molar-refractivity contribution is 0.0690. The van der Waals surface area contributed by atoms with Crippen LogP contribution in [0.4, 0.5) is 4.39 Å². The fourth-order valence-electron chi connectivity index (χ4n) is 1.34. The van der Waals surface area contributed by atoms with E-state index in [1.807, 2.05) is 0 Å². The van der Waals surface area contributed by atoms with Crippen molar-refractivity contribution in [2.45, 2.75) is 6.92 Å². The minimum atomic E-state index is -1.34. The molecule has 0 atom stereocenters. The van der Waals surface area contributed by atoms with Gasteiger partial charge in [0.25, 0.3) is 0 Å². The average molecular weight is 214 g/mol. The van der Waals surface area contributed by atoms with Gasteiger partial charge in [-0.05, 0) is 18.6 Å². The Balaban J connectivity index is 3.51. The highest BCUT2D eigenvalue weighted by molar-refractivity contribution is 5.89. The Morgan fingerprint density at radius 2 is 1.87 bits per heavy atom. The predicted octanol–water partition coefficient (Wildman–Crippen LogP) is 1.85. The normalized spacial score (nSPS) is 9.87. The quantitative estimate of drug-likeness (QED) is 0.834. The summed E-state index contributed by atoms with van der Waals surface area (Å²) in [7, 11) is 2.62. The Labute approximate surface area is 86.2 Å². The molecular formula is C10H11FO4. The molecule has 0 saturated carbocycles. The molecule has 0 aliphatic carbocycles. The highest BCUT2D eigenvalue weighted by atomic mass is 19.1. The molecule has 0 aliphatic rings. The van der Waals surface area contributed by atoms with Crippen molar-refractivity contribution in [2.75, 3.05) is 14.2 Å². The van der Waals surface area contributed by atoms with Crippen LogP contribution in [0.15, 0.2) is 6.07 Å². The molecule has 5 heteroatoms. The van der Waals surface area contributed by atoms with Gasteiger partial charge in [-0.15, -0.1) is 0 Å². The summed E-state index contributed by atoms with van der Waals surface area (Å²) in [5, 5.41) is 8.74. The molecule has 0 fully saturated rings. The van der Waals surface area contributed by atoms with Crippen LogP contribution in [0.5, 0.6) is 11.5 Å². The number of hydrogen-bond acceptors (Lipinski definition) is 3. The van der Waals surface area contributed by atoms with Crippen LogP contribution in [0, 0.1) is 12.7 Å². The Kier molecular flexibility index (Phi) is 3.14. The van der Waals surface area contributed by atoms with Crippen molar-refractivity contribution in [3.8, 4) is 11.5 Å². The zero-order valence-electron chi connectivity index (χ0n) is 8.63. The minimum Gasteiger partial charge on any atom is -0.492 e. The van der Waals surface area contributed by atoms with Gasteiger partial charge in [-0.3, -0.25) is 0 Å². The van der Waals surface area contributed by atoms with Gasteiger partial charge in [0.05, 0.1) is 19.8 Å². The molecule has 4 nitrogen and oxygen atoms in total. The van der Waals surface area contributed by atoms with Crippen LogP contribution >= 0.6 is 0 Å². The molecule has 0 radical (unpaired) electrons. The van der Waals surface area contributed by atoms with Gasteiger partial charge >= 0.3 is 5.97 Å². The lowest BCUT2D eigenvalue weighted by Crippen LogP contribution is -2.05. The number of carboxylic acids is 1. The topological polar surface area (TPSA) is 55.8 Å². The number of hydrogen-bond donors (Lipinski definition) is 1. The predicted molar refractivity (Wildman–Crippen MR) is 51.2 cm³/mol. The molecule has 0 unspecified atom stereocenters. The lowest BCUT2D eigenvalue weighted by Gasteiger charge is -2.12. The highest BCUT2D eigenvalue weighted by Gasteiger charge is 2.21. The molecule has 1 rings (SSSR count). The van der Waals surface area contributed by atoms with E-state index in [9.17, 15) is 9.18 Å². The van der Waals surface area contributed by atoms with E-state index in [-0.39, 0.29) is 11.5 Å². The average Bonchev–Trinajstić information content (AvgIpc) is 2.19. The van der Waals surface area contributed by atoms with E-state index in [1.165, 1.54) is 20.3 Å². The van der Waals surface area contributed by atoms with Gasteiger partial charge in [0.2, 0.25) is 0 Å². The van der Waals surface area contributed by atoms with E-state index < -0.39 is 17.3 Å². The van der Waals surface area contributed by atoms with Crippen molar-refractivity contribution in [1.82, 2.24) is 0 Å². The minimum absolute atomic E-state index is 0.185. The van der Waals surface area contributed by atoms with Crippen LogP contribution in [0.2, 0.25) is 0 Å². The molecule has 0 bridgehead atoms. The number of carboxylic acid groups (broad SMARTS) is 1. The number of rotatable bonds is 3. The zero-order chi connectivity index (χ0) is 11.6. The summed E-state index contributed by atoms with van der Waals surface area (Å²) in [6.07, 6.45) is 0. The molecule has 15 heavy (non-hydrogen) atoms. The first kappa shape index (κ1) is 11.3. The second-order valence-corrected chi connectivity index (χ2v) is 2.93. The number of halogens is 1. The van der Waals surface area contributed by atoms with Crippen molar-refractivity contribution in [2.24, 2.45) is 0 Å². The highest BCUT2D eigenvalue weighted by Crippen LogP contribution is 2.35. The molecule has 0 amide bonds. The van der Waals surface area contributed by atoms with Crippen LogP contribution in [0.3, 0.4) is 0 Å². The van der Waals surface area contributed by atoms with Gasteiger partial charge in [-0.2, -0.15) is 0 Å². The van der Waals surface area contributed by atoms with Gasteiger partial charge in [0.15, 0.2) is 17.3 Å². The third-order valence-electron chi connectivity index (χ3n) is 2.00. The Bertz CT molecular complexity index is 401. The van der Waals surface area contributed by atoms with Crippen LogP contribution in [0.1, 0.15) is 15.9 Å². The van der Waals surface area contributed by atoms with Gasteiger partial charge in [-0.25, -0.2) is 9.18 Å². The number of ether oxygens (including phenoxy) is 2. The zero-order valence-corrected chi connectivity index (χ0v) is 8.63. The van der Waals surface area contributed by atoms with Crippen molar-refractivity contribution >= 4 is 5.97 Å². The lowest BCUT2D eigenvalue weighted by atomic mass is 10.1. The number of aryl methyl sites for hydroxylation is 1. The third-order valence-corrected chi connectivity index (χ3v) is 2.00. The number of benzene rings is 1. The maximum atomic E-state index is 13.6. The van der Waals surface area contributed by atoms with Crippen molar-refractivity contribution < 1.29 is 23.8 Å². The summed E-state index contributed by atoms with van der Waals surface area (Å²) in [4.78, 5) is 10.7. The van der Waals surface area contributed by atoms with Crippen molar-refractivity contribution in [1.29, 1.82) is 0 Å². The largest absolute Gasteiger partial charge is 0.492 e. The van der Waals surface area contributed by atoms with E-state index in [0.29, 0.717) is 5.56 Å². The number of methoxy groups -OCH3 is 2. The number of carbonyl (C=O) groups is 1. The summed E-state index contributed by atoms with van der Waals surface area (Å²) in [6.45, 7) is 1.62. The van der Waals surface area contributed by atoms with Gasteiger partial charge < -0.3 is 14.6 Å². The first-order chi connectivity index (χ1) is 7.02. The van der Waals surface area contributed by atoms with E-state index in [2.05, 4.69) is 0 Å². The smallest absolute Gasteiger partial charge is 0.338 e. The molecule has 0 aliphatic heterocycles. The molecule has 0 saturated heterocycles. The Hall–Kier alpha value is -1.78. The molecule has 82 valence electrons. The summed E-state index contributed by atoms with van der Waals surface area (Å²) in [6, 6.07) is 1.21. The number of aromatic carboxylic acids is 1.